The van der Waals surface area contributed by atoms with Crippen molar-refractivity contribution in [2.75, 3.05) is 13.4 Å². The van der Waals surface area contributed by atoms with Gasteiger partial charge in [0.2, 0.25) is 0 Å². The fraction of sp³-hybridized carbons (Fsp3) is 0.417. The maximum atomic E-state index is 12.9. The Morgan fingerprint density at radius 3 is 1.79 bits per heavy atom. The Bertz CT molecular complexity index is 727. The molecule has 1 aliphatic rings. The fourth-order valence-corrected chi connectivity index (χ4v) is 3.66. The van der Waals surface area contributed by atoms with Crippen LogP contribution in [0.5, 0.6) is 0 Å². The van der Waals surface area contributed by atoms with Crippen LogP contribution >= 0.6 is 0 Å². The van der Waals surface area contributed by atoms with Gasteiger partial charge in [0.15, 0.2) is 12.9 Å². The van der Waals surface area contributed by atoms with Crippen LogP contribution in [0.1, 0.15) is 49.8 Å². The molecule has 154 valence electrons. The highest BCUT2D eigenvalue weighted by Gasteiger charge is 2.33. The van der Waals surface area contributed by atoms with Crippen LogP contribution in [0.25, 0.3) is 0 Å². The van der Waals surface area contributed by atoms with Crippen LogP contribution in [-0.2, 0) is 23.8 Å². The molecule has 0 amide bonds. The van der Waals surface area contributed by atoms with Gasteiger partial charge >= 0.3 is 11.9 Å². The van der Waals surface area contributed by atoms with Crippen molar-refractivity contribution in [2.45, 2.75) is 38.7 Å². The minimum absolute atomic E-state index is 0.00681. The van der Waals surface area contributed by atoms with Crippen LogP contribution in [0.15, 0.2) is 60.7 Å². The van der Waals surface area contributed by atoms with Crippen molar-refractivity contribution < 1.29 is 23.8 Å². The van der Waals surface area contributed by atoms with Crippen molar-refractivity contribution in [3.8, 4) is 0 Å². The number of hydrogen-bond donors (Lipinski definition) is 0. The van der Waals surface area contributed by atoms with Crippen LogP contribution in [0.3, 0.4) is 0 Å². The highest BCUT2D eigenvalue weighted by molar-refractivity contribution is 5.75. The molecule has 0 saturated heterocycles. The fourth-order valence-electron chi connectivity index (χ4n) is 3.66. The molecule has 2 aromatic carbocycles. The quantitative estimate of drug-likeness (QED) is 0.369. The van der Waals surface area contributed by atoms with E-state index in [-0.39, 0.29) is 30.6 Å². The maximum absolute atomic E-state index is 12.9. The second kappa shape index (κ2) is 10.8. The lowest BCUT2D eigenvalue weighted by atomic mass is 9.82. The molecule has 0 atom stereocenters. The summed E-state index contributed by atoms with van der Waals surface area (Å²) in [6.07, 6.45) is 2.09. The molecule has 2 aromatic rings. The van der Waals surface area contributed by atoms with Gasteiger partial charge in [-0.25, -0.2) is 0 Å². The average Bonchev–Trinajstić information content (AvgIpc) is 2.78. The first-order chi connectivity index (χ1) is 14.2. The van der Waals surface area contributed by atoms with Gasteiger partial charge in [-0.3, -0.25) is 9.59 Å². The standard InChI is InChI=1S/C24H28O5/c1-2-27-17-28-23(25)20-13-15-21(16-14-20)24(26)29-22(18-9-5-3-6-10-18)19-11-7-4-8-12-19/h3-12,20-22H,2,13-17H2,1H3. The van der Waals surface area contributed by atoms with E-state index >= 15 is 0 Å². The van der Waals surface area contributed by atoms with Gasteiger partial charge < -0.3 is 14.2 Å². The molecule has 0 radical (unpaired) electrons. The van der Waals surface area contributed by atoms with Crippen molar-refractivity contribution in [3.05, 3.63) is 71.8 Å². The number of benzene rings is 2. The van der Waals surface area contributed by atoms with E-state index in [4.69, 9.17) is 14.2 Å². The third-order valence-electron chi connectivity index (χ3n) is 5.32. The van der Waals surface area contributed by atoms with Crippen molar-refractivity contribution in [2.24, 2.45) is 11.8 Å². The minimum atomic E-state index is -0.432. The predicted octanol–water partition coefficient (Wildman–Crippen LogP) is 4.66. The minimum Gasteiger partial charge on any atom is -0.452 e. The molecule has 3 rings (SSSR count). The Kier molecular flexibility index (Phi) is 7.82. The van der Waals surface area contributed by atoms with Crippen LogP contribution in [0.4, 0.5) is 0 Å². The zero-order chi connectivity index (χ0) is 20.5. The van der Waals surface area contributed by atoms with Gasteiger partial charge in [0.1, 0.15) is 0 Å². The second-order valence-corrected chi connectivity index (χ2v) is 7.26. The third kappa shape index (κ3) is 5.91. The van der Waals surface area contributed by atoms with E-state index in [1.807, 2.05) is 67.6 Å². The molecule has 0 unspecified atom stereocenters. The Morgan fingerprint density at radius 1 is 0.828 bits per heavy atom. The Balaban J connectivity index is 1.59. The Morgan fingerprint density at radius 2 is 1.31 bits per heavy atom. The van der Waals surface area contributed by atoms with E-state index in [2.05, 4.69) is 0 Å². The molecule has 0 spiro atoms. The van der Waals surface area contributed by atoms with E-state index in [1.165, 1.54) is 0 Å². The van der Waals surface area contributed by atoms with Crippen molar-refractivity contribution in [1.82, 2.24) is 0 Å². The molecule has 1 saturated carbocycles. The molecule has 5 heteroatoms. The predicted molar refractivity (Wildman–Crippen MR) is 109 cm³/mol. The summed E-state index contributed by atoms with van der Waals surface area (Å²) in [4.78, 5) is 25.0. The average molecular weight is 396 g/mol. The summed E-state index contributed by atoms with van der Waals surface area (Å²) in [5, 5.41) is 0. The van der Waals surface area contributed by atoms with Crippen molar-refractivity contribution >= 4 is 11.9 Å². The maximum Gasteiger partial charge on any atom is 0.311 e. The van der Waals surface area contributed by atoms with E-state index in [9.17, 15) is 9.59 Å². The van der Waals surface area contributed by atoms with Gasteiger partial charge in [0.25, 0.3) is 0 Å². The molecule has 0 N–H and O–H groups in total. The number of carbonyl (C=O) groups excluding carboxylic acids is 2. The van der Waals surface area contributed by atoms with E-state index < -0.39 is 6.10 Å². The molecule has 1 aliphatic carbocycles. The van der Waals surface area contributed by atoms with Gasteiger partial charge in [-0.2, -0.15) is 0 Å². The number of hydrogen-bond acceptors (Lipinski definition) is 5. The van der Waals surface area contributed by atoms with Gasteiger partial charge in [0, 0.05) is 6.61 Å². The first kappa shape index (κ1) is 21.1. The normalized spacial score (nSPS) is 19.0. The first-order valence-corrected chi connectivity index (χ1v) is 10.2. The number of rotatable bonds is 8. The molecule has 0 aromatic heterocycles. The Hall–Kier alpha value is -2.66. The first-order valence-electron chi connectivity index (χ1n) is 10.2. The highest BCUT2D eigenvalue weighted by atomic mass is 16.7. The largest absolute Gasteiger partial charge is 0.452 e. The zero-order valence-corrected chi connectivity index (χ0v) is 16.8. The van der Waals surface area contributed by atoms with E-state index in [1.54, 1.807) is 0 Å². The third-order valence-corrected chi connectivity index (χ3v) is 5.32. The van der Waals surface area contributed by atoms with Gasteiger partial charge in [0.05, 0.1) is 11.8 Å². The number of carbonyl (C=O) groups is 2. The smallest absolute Gasteiger partial charge is 0.311 e. The lowest BCUT2D eigenvalue weighted by molar-refractivity contribution is -0.164. The number of ether oxygens (including phenoxy) is 3. The molecule has 0 bridgehead atoms. The monoisotopic (exact) mass is 396 g/mol. The van der Waals surface area contributed by atoms with Crippen molar-refractivity contribution in [1.29, 1.82) is 0 Å². The molecule has 1 fully saturated rings. The SMILES string of the molecule is CCOCOC(=O)C1CCC(C(=O)OC(c2ccccc2)c2ccccc2)CC1. The van der Waals surface area contributed by atoms with E-state index in [0.29, 0.717) is 32.3 Å². The molecular weight excluding hydrogens is 368 g/mol. The van der Waals surface area contributed by atoms with Crippen LogP contribution in [-0.4, -0.2) is 25.3 Å². The summed E-state index contributed by atoms with van der Waals surface area (Å²) in [7, 11) is 0. The topological polar surface area (TPSA) is 61.8 Å². The second-order valence-electron chi connectivity index (χ2n) is 7.26. The van der Waals surface area contributed by atoms with Crippen LogP contribution in [0.2, 0.25) is 0 Å². The van der Waals surface area contributed by atoms with Crippen LogP contribution in [0, 0.1) is 11.8 Å². The summed E-state index contributed by atoms with van der Waals surface area (Å²) < 4.78 is 16.1. The van der Waals surface area contributed by atoms with E-state index in [0.717, 1.165) is 11.1 Å². The molecule has 0 aliphatic heterocycles. The lowest BCUT2D eigenvalue weighted by Gasteiger charge is -2.28. The molecule has 0 heterocycles. The highest BCUT2D eigenvalue weighted by Crippen LogP contribution is 2.33. The molecule has 5 nitrogen and oxygen atoms in total. The summed E-state index contributed by atoms with van der Waals surface area (Å²) in [5.74, 6) is -0.806. The molecule has 29 heavy (non-hydrogen) atoms. The van der Waals surface area contributed by atoms with Crippen LogP contribution < -0.4 is 0 Å². The van der Waals surface area contributed by atoms with Gasteiger partial charge in [-0.1, -0.05) is 60.7 Å². The molecular formula is C24H28O5. The summed E-state index contributed by atoms with van der Waals surface area (Å²) >= 11 is 0. The lowest BCUT2D eigenvalue weighted by Crippen LogP contribution is -2.29. The summed E-state index contributed by atoms with van der Waals surface area (Å²) in [6, 6.07) is 19.5. The zero-order valence-electron chi connectivity index (χ0n) is 16.8. The summed E-state index contributed by atoms with van der Waals surface area (Å²) in [6.45, 7) is 2.35. The van der Waals surface area contributed by atoms with Gasteiger partial charge in [-0.05, 0) is 43.7 Å². The number of esters is 2. The summed E-state index contributed by atoms with van der Waals surface area (Å²) in [5.41, 5.74) is 1.89. The van der Waals surface area contributed by atoms with Gasteiger partial charge in [-0.15, -0.1) is 0 Å². The van der Waals surface area contributed by atoms with Crippen molar-refractivity contribution in [3.63, 3.8) is 0 Å². The Labute approximate surface area is 172 Å².